The molecule has 0 spiro atoms. The average molecular weight is 404 g/mol. The van der Waals surface area contributed by atoms with Crippen molar-refractivity contribution in [2.75, 3.05) is 25.5 Å². The van der Waals surface area contributed by atoms with E-state index in [1.54, 1.807) is 12.1 Å². The van der Waals surface area contributed by atoms with Crippen molar-refractivity contribution in [3.05, 3.63) is 65.7 Å². The highest BCUT2D eigenvalue weighted by atomic mass is 19.1. The largest absolute Gasteiger partial charge is 0.326 e. The molecule has 0 saturated carbocycles. The summed E-state index contributed by atoms with van der Waals surface area (Å²) < 4.78 is 26.1. The fraction of sp³-hybridized carbons (Fsp3) is 0.364. The van der Waals surface area contributed by atoms with Crippen LogP contribution in [0.4, 0.5) is 14.5 Å². The van der Waals surface area contributed by atoms with Gasteiger partial charge in [0.15, 0.2) is 6.54 Å². The summed E-state index contributed by atoms with van der Waals surface area (Å²) in [6, 6.07) is 11.6. The van der Waals surface area contributed by atoms with E-state index in [9.17, 15) is 18.4 Å². The molecule has 1 unspecified atom stereocenters. The zero-order chi connectivity index (χ0) is 21.6. The number of amides is 2. The molecule has 0 bridgehead atoms. The number of nitrogens with one attached hydrogen (secondary N) is 2. The molecular formula is C22H28F2N3O2+. The number of quaternary nitrogens is 1. The monoisotopic (exact) mass is 404 g/mol. The van der Waals surface area contributed by atoms with Crippen molar-refractivity contribution in [3.8, 4) is 0 Å². The molecule has 29 heavy (non-hydrogen) atoms. The van der Waals surface area contributed by atoms with Gasteiger partial charge in [-0.1, -0.05) is 12.1 Å². The summed E-state index contributed by atoms with van der Waals surface area (Å²) in [5.41, 5.74) is 0.845. The number of rotatable bonds is 7. The van der Waals surface area contributed by atoms with Gasteiger partial charge in [-0.25, -0.2) is 8.78 Å². The lowest BCUT2D eigenvalue weighted by Crippen LogP contribution is -3.09. The number of anilines is 1. The van der Waals surface area contributed by atoms with Crippen molar-refractivity contribution in [2.24, 2.45) is 0 Å². The predicted molar refractivity (Wildman–Crippen MR) is 108 cm³/mol. The van der Waals surface area contributed by atoms with Crippen LogP contribution >= 0.6 is 0 Å². The highest BCUT2D eigenvalue weighted by molar-refractivity contribution is 5.94. The summed E-state index contributed by atoms with van der Waals surface area (Å²) in [6.07, 6.45) is 0. The van der Waals surface area contributed by atoms with Crippen LogP contribution in [0.2, 0.25) is 0 Å². The van der Waals surface area contributed by atoms with E-state index in [4.69, 9.17) is 0 Å². The molecule has 2 aromatic rings. The lowest BCUT2D eigenvalue weighted by molar-refractivity contribution is -0.885. The van der Waals surface area contributed by atoms with E-state index in [-0.39, 0.29) is 36.5 Å². The molecular weight excluding hydrogens is 376 g/mol. The number of halogens is 2. The fourth-order valence-electron chi connectivity index (χ4n) is 2.94. The minimum atomic E-state index is -0.548. The molecule has 0 radical (unpaired) electrons. The maximum atomic E-state index is 13.0. The van der Waals surface area contributed by atoms with Crippen LogP contribution in [0.1, 0.15) is 26.3 Å². The van der Waals surface area contributed by atoms with Crippen molar-refractivity contribution < 1.29 is 23.3 Å². The molecule has 2 N–H and O–H groups in total. The number of benzene rings is 2. The number of likely N-dealkylation sites (N-methyl/N-ethyl adjacent to an activating group) is 1. The van der Waals surface area contributed by atoms with Gasteiger partial charge >= 0.3 is 0 Å². The van der Waals surface area contributed by atoms with Crippen molar-refractivity contribution in [1.82, 2.24) is 4.90 Å². The van der Waals surface area contributed by atoms with Gasteiger partial charge in [0.1, 0.15) is 24.7 Å². The molecule has 2 amide bonds. The summed E-state index contributed by atoms with van der Waals surface area (Å²) in [7, 11) is 1.88. The van der Waals surface area contributed by atoms with Crippen molar-refractivity contribution in [3.63, 3.8) is 0 Å². The topological polar surface area (TPSA) is 53.9 Å². The number of hydrogen-bond acceptors (Lipinski definition) is 2. The lowest BCUT2D eigenvalue weighted by atomic mass is 10.1. The number of hydrogen-bond donors (Lipinski definition) is 2. The second kappa shape index (κ2) is 9.60. The van der Waals surface area contributed by atoms with E-state index in [1.165, 1.54) is 41.3 Å². The van der Waals surface area contributed by atoms with Crippen molar-refractivity contribution >= 4 is 17.5 Å². The minimum absolute atomic E-state index is 0.108. The summed E-state index contributed by atoms with van der Waals surface area (Å²) in [4.78, 5) is 27.8. The number of nitrogens with zero attached hydrogens (tertiary/aromatic N) is 1. The fourth-order valence-corrected chi connectivity index (χ4v) is 2.94. The third kappa shape index (κ3) is 7.27. The molecule has 7 heteroatoms. The molecule has 0 aliphatic heterocycles. The van der Waals surface area contributed by atoms with Gasteiger partial charge in [0.25, 0.3) is 5.91 Å². The van der Waals surface area contributed by atoms with Crippen LogP contribution in [-0.4, -0.2) is 42.4 Å². The molecule has 156 valence electrons. The second-order valence-corrected chi connectivity index (χ2v) is 8.14. The maximum Gasteiger partial charge on any atom is 0.278 e. The number of carbonyl (C=O) groups is 2. The maximum absolute atomic E-state index is 13.0. The van der Waals surface area contributed by atoms with Gasteiger partial charge < -0.3 is 15.1 Å². The van der Waals surface area contributed by atoms with E-state index in [0.29, 0.717) is 12.2 Å². The van der Waals surface area contributed by atoms with Crippen LogP contribution in [0, 0.1) is 11.6 Å². The summed E-state index contributed by atoms with van der Waals surface area (Å²) in [6.45, 7) is 6.25. The van der Waals surface area contributed by atoms with Crippen molar-refractivity contribution in [2.45, 2.75) is 32.9 Å². The molecule has 5 nitrogen and oxygen atoms in total. The Morgan fingerprint density at radius 1 is 0.966 bits per heavy atom. The van der Waals surface area contributed by atoms with Gasteiger partial charge in [-0.2, -0.15) is 0 Å². The zero-order valence-corrected chi connectivity index (χ0v) is 17.3. The van der Waals surface area contributed by atoms with Gasteiger partial charge in [-0.15, -0.1) is 0 Å². The first-order valence-corrected chi connectivity index (χ1v) is 9.46. The minimum Gasteiger partial charge on any atom is -0.326 e. The van der Waals surface area contributed by atoms with Gasteiger partial charge in [0, 0.05) is 16.8 Å². The average Bonchev–Trinajstić information content (AvgIpc) is 2.62. The molecule has 1 atom stereocenters. The first-order valence-electron chi connectivity index (χ1n) is 9.46. The molecule has 0 aromatic heterocycles. The summed E-state index contributed by atoms with van der Waals surface area (Å²) in [5, 5.41) is 2.68. The SMILES string of the molecule is C[NH+](CC(=O)N(CC(=O)Nc1ccc(F)cc1)C(C)(C)C)Cc1ccc(F)cc1. The Hall–Kier alpha value is -2.80. The van der Waals surface area contributed by atoms with Gasteiger partial charge in [0.05, 0.1) is 7.05 Å². The predicted octanol–water partition coefficient (Wildman–Crippen LogP) is 2.25. The van der Waals surface area contributed by atoms with E-state index >= 15 is 0 Å². The Bertz CT molecular complexity index is 831. The smallest absolute Gasteiger partial charge is 0.278 e. The van der Waals surface area contributed by atoms with Gasteiger partial charge in [-0.05, 0) is 57.2 Å². The molecule has 2 rings (SSSR count). The van der Waals surface area contributed by atoms with Crippen molar-refractivity contribution in [1.29, 1.82) is 0 Å². The third-order valence-corrected chi connectivity index (χ3v) is 4.41. The Balaban J connectivity index is 1.98. The quantitative estimate of drug-likeness (QED) is 0.744. The second-order valence-electron chi connectivity index (χ2n) is 8.14. The Kier molecular flexibility index (Phi) is 7.45. The standard InChI is InChI=1S/C22H27F2N3O2/c1-22(2,3)27(14-20(28)25-19-11-9-18(24)10-12-19)21(29)15-26(4)13-16-5-7-17(23)8-6-16/h5-12H,13-15H2,1-4H3,(H,25,28)/p+1. The lowest BCUT2D eigenvalue weighted by Gasteiger charge is -2.35. The molecule has 0 aliphatic rings. The van der Waals surface area contributed by atoms with E-state index in [1.807, 2.05) is 27.8 Å². The van der Waals surface area contributed by atoms with Crippen LogP contribution in [0.15, 0.2) is 48.5 Å². The van der Waals surface area contributed by atoms with Gasteiger partial charge in [-0.3, -0.25) is 9.59 Å². The zero-order valence-electron chi connectivity index (χ0n) is 17.3. The summed E-state index contributed by atoms with van der Waals surface area (Å²) in [5.74, 6) is -1.20. The van der Waals surface area contributed by atoms with Crippen LogP contribution in [0.5, 0.6) is 0 Å². The Morgan fingerprint density at radius 3 is 2.00 bits per heavy atom. The van der Waals surface area contributed by atoms with E-state index in [2.05, 4.69) is 5.32 Å². The van der Waals surface area contributed by atoms with Crippen LogP contribution < -0.4 is 10.2 Å². The van der Waals surface area contributed by atoms with Crippen LogP contribution in [0.3, 0.4) is 0 Å². The summed E-state index contributed by atoms with van der Waals surface area (Å²) >= 11 is 0. The molecule has 0 fully saturated rings. The third-order valence-electron chi connectivity index (χ3n) is 4.41. The highest BCUT2D eigenvalue weighted by Gasteiger charge is 2.30. The Labute approximate surface area is 170 Å². The number of carbonyl (C=O) groups excluding carboxylic acids is 2. The molecule has 0 saturated heterocycles. The first kappa shape index (κ1) is 22.5. The molecule has 0 aliphatic carbocycles. The van der Waals surface area contributed by atoms with E-state index in [0.717, 1.165) is 10.5 Å². The molecule has 2 aromatic carbocycles. The molecule has 0 heterocycles. The highest BCUT2D eigenvalue weighted by Crippen LogP contribution is 2.14. The van der Waals surface area contributed by atoms with Gasteiger partial charge in [0.2, 0.25) is 5.91 Å². The normalized spacial score (nSPS) is 12.3. The Morgan fingerprint density at radius 2 is 1.48 bits per heavy atom. The van der Waals surface area contributed by atoms with E-state index < -0.39 is 5.54 Å². The first-order chi connectivity index (χ1) is 13.5. The van der Waals surface area contributed by atoms with Crippen LogP contribution in [0.25, 0.3) is 0 Å². The van der Waals surface area contributed by atoms with Crippen LogP contribution in [-0.2, 0) is 16.1 Å².